The molecule has 1 unspecified atom stereocenters. The van der Waals surface area contributed by atoms with E-state index in [4.69, 9.17) is 0 Å². The van der Waals surface area contributed by atoms with Gasteiger partial charge in [-0.3, -0.25) is 0 Å². The van der Waals surface area contributed by atoms with Crippen LogP contribution in [0.4, 0.5) is 0 Å². The molecule has 0 saturated heterocycles. The van der Waals surface area contributed by atoms with Crippen molar-refractivity contribution in [2.75, 3.05) is 13.6 Å². The van der Waals surface area contributed by atoms with E-state index >= 15 is 0 Å². The van der Waals surface area contributed by atoms with E-state index in [0.29, 0.717) is 5.92 Å². The van der Waals surface area contributed by atoms with Gasteiger partial charge in [0.1, 0.15) is 0 Å². The summed E-state index contributed by atoms with van der Waals surface area (Å²) in [5, 5.41) is 3.12. The number of rotatable bonds is 6. The van der Waals surface area contributed by atoms with Crippen molar-refractivity contribution in [1.29, 1.82) is 0 Å². The molecule has 0 aliphatic heterocycles. The summed E-state index contributed by atoms with van der Waals surface area (Å²) in [6.45, 7) is 10.8. The van der Waals surface area contributed by atoms with Crippen molar-refractivity contribution in [3.8, 4) is 0 Å². The third-order valence-electron chi connectivity index (χ3n) is 1.91. The van der Waals surface area contributed by atoms with E-state index in [-0.39, 0.29) is 1.43 Å². The van der Waals surface area contributed by atoms with Crippen molar-refractivity contribution in [2.24, 2.45) is 5.92 Å². The lowest BCUT2D eigenvalue weighted by Crippen LogP contribution is -2.11. The molecule has 0 spiro atoms. The monoisotopic (exact) mass is 167 g/mol. The highest BCUT2D eigenvalue weighted by molar-refractivity contribution is 5.20. The lowest BCUT2D eigenvalue weighted by Gasteiger charge is -2.10. The maximum atomic E-state index is 3.98. The maximum Gasteiger partial charge on any atom is 0 e. The van der Waals surface area contributed by atoms with Crippen LogP contribution in [0, 0.1) is 5.92 Å². The molecule has 0 aliphatic carbocycles. The van der Waals surface area contributed by atoms with E-state index in [0.717, 1.165) is 13.0 Å². The van der Waals surface area contributed by atoms with Crippen LogP contribution < -0.4 is 5.32 Å². The van der Waals surface area contributed by atoms with Crippen LogP contribution in [-0.2, 0) is 0 Å². The SMILES string of the molecule is C=C/C=C\C(=C)C(C)CCNC.[HH]. The van der Waals surface area contributed by atoms with Gasteiger partial charge in [0.25, 0.3) is 0 Å². The molecule has 0 radical (unpaired) electrons. The van der Waals surface area contributed by atoms with Crippen molar-refractivity contribution in [3.05, 3.63) is 37.0 Å². The molecule has 0 aromatic heterocycles. The quantitative estimate of drug-likeness (QED) is 0.600. The van der Waals surface area contributed by atoms with E-state index in [2.05, 4.69) is 25.4 Å². The highest BCUT2D eigenvalue weighted by Gasteiger charge is 2.01. The van der Waals surface area contributed by atoms with Crippen molar-refractivity contribution in [3.63, 3.8) is 0 Å². The topological polar surface area (TPSA) is 12.0 Å². The first-order chi connectivity index (χ1) is 5.72. The summed E-state index contributed by atoms with van der Waals surface area (Å²) in [5.74, 6) is 0.550. The van der Waals surface area contributed by atoms with Crippen molar-refractivity contribution < 1.29 is 1.43 Å². The highest BCUT2D eigenvalue weighted by Crippen LogP contribution is 2.12. The third kappa shape index (κ3) is 4.91. The molecule has 0 amide bonds. The first-order valence-electron chi connectivity index (χ1n) is 4.34. The van der Waals surface area contributed by atoms with Gasteiger partial charge < -0.3 is 5.32 Å². The molecule has 0 saturated carbocycles. The summed E-state index contributed by atoms with van der Waals surface area (Å²) in [4.78, 5) is 0. The Morgan fingerprint density at radius 2 is 2.33 bits per heavy atom. The zero-order valence-corrected chi connectivity index (χ0v) is 8.14. The molecular formula is C11H21N. The minimum atomic E-state index is 0. The second kappa shape index (κ2) is 6.86. The lowest BCUT2D eigenvalue weighted by atomic mass is 9.99. The van der Waals surface area contributed by atoms with Gasteiger partial charge in [-0.2, -0.15) is 0 Å². The molecule has 0 rings (SSSR count). The zero-order valence-electron chi connectivity index (χ0n) is 8.14. The minimum Gasteiger partial charge on any atom is -0.320 e. The Bertz CT molecular complexity index is 173. The lowest BCUT2D eigenvalue weighted by molar-refractivity contribution is 0.595. The van der Waals surface area contributed by atoms with Gasteiger partial charge in [0.2, 0.25) is 0 Å². The average Bonchev–Trinajstić information content (AvgIpc) is 2.10. The van der Waals surface area contributed by atoms with E-state index in [9.17, 15) is 0 Å². The zero-order chi connectivity index (χ0) is 9.40. The predicted octanol–water partition coefficient (Wildman–Crippen LogP) is 2.78. The van der Waals surface area contributed by atoms with Crippen molar-refractivity contribution >= 4 is 0 Å². The van der Waals surface area contributed by atoms with E-state index in [1.165, 1.54) is 5.57 Å². The number of hydrogen-bond donors (Lipinski definition) is 1. The van der Waals surface area contributed by atoms with Gasteiger partial charge in [0.05, 0.1) is 0 Å². The molecule has 1 N–H and O–H groups in total. The van der Waals surface area contributed by atoms with Crippen LogP contribution in [0.15, 0.2) is 37.0 Å². The fraction of sp³-hybridized carbons (Fsp3) is 0.455. The van der Waals surface area contributed by atoms with Crippen molar-refractivity contribution in [1.82, 2.24) is 5.32 Å². The molecule has 0 aromatic carbocycles. The van der Waals surface area contributed by atoms with Gasteiger partial charge in [-0.1, -0.05) is 43.9 Å². The number of allylic oxidation sites excluding steroid dienone is 4. The third-order valence-corrected chi connectivity index (χ3v) is 1.91. The summed E-state index contributed by atoms with van der Waals surface area (Å²) >= 11 is 0. The van der Waals surface area contributed by atoms with Crippen LogP contribution in [0.5, 0.6) is 0 Å². The Morgan fingerprint density at radius 1 is 1.67 bits per heavy atom. The molecule has 12 heavy (non-hydrogen) atoms. The molecular weight excluding hydrogens is 146 g/mol. The van der Waals surface area contributed by atoms with Crippen LogP contribution in [0.2, 0.25) is 0 Å². The Balaban J connectivity index is 0. The summed E-state index contributed by atoms with van der Waals surface area (Å²) in [6, 6.07) is 0. The summed E-state index contributed by atoms with van der Waals surface area (Å²) in [7, 11) is 1.97. The summed E-state index contributed by atoms with van der Waals surface area (Å²) < 4.78 is 0. The first kappa shape index (κ1) is 11.2. The second-order valence-electron chi connectivity index (χ2n) is 2.96. The van der Waals surface area contributed by atoms with Gasteiger partial charge in [-0.05, 0) is 25.9 Å². The van der Waals surface area contributed by atoms with Gasteiger partial charge in [-0.25, -0.2) is 0 Å². The fourth-order valence-corrected chi connectivity index (χ4v) is 0.902. The van der Waals surface area contributed by atoms with Crippen LogP contribution >= 0.6 is 0 Å². The van der Waals surface area contributed by atoms with Gasteiger partial charge in [0, 0.05) is 1.43 Å². The van der Waals surface area contributed by atoms with Gasteiger partial charge in [0.15, 0.2) is 0 Å². The number of hydrogen-bond acceptors (Lipinski definition) is 1. The Labute approximate surface area is 77.4 Å². The normalized spacial score (nSPS) is 13.2. The fourth-order valence-electron chi connectivity index (χ4n) is 0.902. The van der Waals surface area contributed by atoms with Crippen LogP contribution in [0.3, 0.4) is 0 Å². The molecule has 70 valence electrons. The second-order valence-corrected chi connectivity index (χ2v) is 2.96. The molecule has 1 atom stereocenters. The van der Waals surface area contributed by atoms with Crippen molar-refractivity contribution in [2.45, 2.75) is 13.3 Å². The summed E-state index contributed by atoms with van der Waals surface area (Å²) in [5.41, 5.74) is 1.17. The molecule has 0 bridgehead atoms. The molecule has 0 aromatic rings. The Morgan fingerprint density at radius 3 is 2.83 bits per heavy atom. The van der Waals surface area contributed by atoms with Crippen LogP contribution in [0.1, 0.15) is 14.8 Å². The van der Waals surface area contributed by atoms with Gasteiger partial charge in [-0.15, -0.1) is 0 Å². The summed E-state index contributed by atoms with van der Waals surface area (Å²) in [6.07, 6.45) is 6.86. The van der Waals surface area contributed by atoms with Crippen LogP contribution in [-0.4, -0.2) is 13.6 Å². The van der Waals surface area contributed by atoms with E-state index < -0.39 is 0 Å². The van der Waals surface area contributed by atoms with E-state index in [1.54, 1.807) is 6.08 Å². The maximum absolute atomic E-state index is 3.98. The first-order valence-corrected chi connectivity index (χ1v) is 4.34. The predicted molar refractivity (Wildman–Crippen MR) is 58.3 cm³/mol. The van der Waals surface area contributed by atoms with Gasteiger partial charge >= 0.3 is 0 Å². The molecule has 0 heterocycles. The molecule has 1 nitrogen and oxygen atoms in total. The highest BCUT2D eigenvalue weighted by atomic mass is 14.8. The minimum absolute atomic E-state index is 0. The average molecular weight is 167 g/mol. The Hall–Kier alpha value is -0.820. The van der Waals surface area contributed by atoms with Crippen LogP contribution in [0.25, 0.3) is 0 Å². The Kier molecular flexibility index (Phi) is 6.39. The smallest absolute Gasteiger partial charge is 0 e. The molecule has 1 heteroatoms. The molecule has 0 fully saturated rings. The standard InChI is InChI=1S/C11H19N.H2/c1-5-6-7-10(2)11(3)8-9-12-4;/h5-7,11-12H,1-2,8-9H2,3-4H3;1H/b7-6-;. The number of nitrogens with one attached hydrogen (secondary N) is 1. The van der Waals surface area contributed by atoms with E-state index in [1.807, 2.05) is 19.2 Å². The largest absolute Gasteiger partial charge is 0.320 e. The molecule has 0 aliphatic rings.